The highest BCUT2D eigenvalue weighted by Crippen LogP contribution is 2.16. The van der Waals surface area contributed by atoms with Gasteiger partial charge in [-0.3, -0.25) is 9.59 Å². The van der Waals surface area contributed by atoms with Crippen molar-refractivity contribution in [2.75, 3.05) is 5.32 Å². The van der Waals surface area contributed by atoms with E-state index in [4.69, 9.17) is 0 Å². The molecule has 0 unspecified atom stereocenters. The third-order valence-corrected chi connectivity index (χ3v) is 1.77. The molecule has 0 atom stereocenters. The van der Waals surface area contributed by atoms with E-state index < -0.39 is 0 Å². The van der Waals surface area contributed by atoms with Crippen LogP contribution in [0.3, 0.4) is 0 Å². The SMILES string of the molecule is CC(=O)c1cc(C)ccc1NC=O. The summed E-state index contributed by atoms with van der Waals surface area (Å²) in [7, 11) is 0. The van der Waals surface area contributed by atoms with Gasteiger partial charge >= 0.3 is 0 Å². The Bertz CT molecular complexity index is 345. The lowest BCUT2D eigenvalue weighted by Crippen LogP contribution is -2.02. The first-order valence-corrected chi connectivity index (χ1v) is 3.97. The molecule has 0 aliphatic rings. The van der Waals surface area contributed by atoms with E-state index in [1.807, 2.05) is 13.0 Å². The minimum Gasteiger partial charge on any atom is -0.328 e. The Morgan fingerprint density at radius 1 is 1.46 bits per heavy atom. The standard InChI is InChI=1S/C10H11NO2/c1-7-3-4-10(11-6-12)9(5-7)8(2)13/h3-6H,1-2H3,(H,11,12). The lowest BCUT2D eigenvalue weighted by molar-refractivity contribution is -0.105. The fraction of sp³-hybridized carbons (Fsp3) is 0.200. The van der Waals surface area contributed by atoms with Crippen LogP contribution in [0.15, 0.2) is 18.2 Å². The maximum absolute atomic E-state index is 11.1. The van der Waals surface area contributed by atoms with Gasteiger partial charge < -0.3 is 5.32 Å². The van der Waals surface area contributed by atoms with Crippen LogP contribution in [0.5, 0.6) is 0 Å². The van der Waals surface area contributed by atoms with Crippen LogP contribution in [0, 0.1) is 6.92 Å². The summed E-state index contributed by atoms with van der Waals surface area (Å²) in [4.78, 5) is 21.3. The number of hydrogen-bond acceptors (Lipinski definition) is 2. The topological polar surface area (TPSA) is 46.2 Å². The van der Waals surface area contributed by atoms with Crippen molar-refractivity contribution in [2.45, 2.75) is 13.8 Å². The number of hydrogen-bond donors (Lipinski definition) is 1. The molecule has 13 heavy (non-hydrogen) atoms. The van der Waals surface area contributed by atoms with Gasteiger partial charge in [-0.1, -0.05) is 11.6 Å². The Balaban J connectivity index is 3.17. The first-order chi connectivity index (χ1) is 6.15. The van der Waals surface area contributed by atoms with Gasteiger partial charge in [0.1, 0.15) is 0 Å². The molecule has 0 aromatic heterocycles. The Morgan fingerprint density at radius 3 is 2.69 bits per heavy atom. The van der Waals surface area contributed by atoms with Gasteiger partial charge in [-0.2, -0.15) is 0 Å². The first-order valence-electron chi connectivity index (χ1n) is 3.97. The predicted molar refractivity (Wildman–Crippen MR) is 50.9 cm³/mol. The molecule has 3 heteroatoms. The van der Waals surface area contributed by atoms with Crippen molar-refractivity contribution < 1.29 is 9.59 Å². The van der Waals surface area contributed by atoms with Gasteiger partial charge in [-0.25, -0.2) is 0 Å². The summed E-state index contributed by atoms with van der Waals surface area (Å²) in [6, 6.07) is 5.33. The van der Waals surface area contributed by atoms with E-state index in [9.17, 15) is 9.59 Å². The van der Waals surface area contributed by atoms with E-state index >= 15 is 0 Å². The smallest absolute Gasteiger partial charge is 0.211 e. The summed E-state index contributed by atoms with van der Waals surface area (Å²) in [5.41, 5.74) is 2.11. The number of nitrogens with one attached hydrogen (secondary N) is 1. The van der Waals surface area contributed by atoms with Gasteiger partial charge in [-0.05, 0) is 26.0 Å². The van der Waals surface area contributed by atoms with Gasteiger partial charge in [-0.15, -0.1) is 0 Å². The van der Waals surface area contributed by atoms with Gasteiger partial charge in [0.05, 0.1) is 5.69 Å². The number of benzene rings is 1. The quantitative estimate of drug-likeness (QED) is 0.565. The van der Waals surface area contributed by atoms with Crippen molar-refractivity contribution in [1.82, 2.24) is 0 Å². The zero-order valence-corrected chi connectivity index (χ0v) is 7.63. The average Bonchev–Trinajstić information content (AvgIpc) is 2.08. The van der Waals surface area contributed by atoms with Crippen LogP contribution in [0.1, 0.15) is 22.8 Å². The summed E-state index contributed by atoms with van der Waals surface area (Å²) in [6.45, 7) is 3.38. The molecule has 0 heterocycles. The van der Waals surface area contributed by atoms with E-state index in [0.717, 1.165) is 5.56 Å². The third-order valence-electron chi connectivity index (χ3n) is 1.77. The normalized spacial score (nSPS) is 9.38. The minimum atomic E-state index is -0.0481. The van der Waals surface area contributed by atoms with E-state index in [0.29, 0.717) is 17.7 Å². The number of amides is 1. The van der Waals surface area contributed by atoms with Gasteiger partial charge in [0.2, 0.25) is 6.41 Å². The van der Waals surface area contributed by atoms with Crippen molar-refractivity contribution in [3.05, 3.63) is 29.3 Å². The van der Waals surface area contributed by atoms with E-state index in [1.54, 1.807) is 12.1 Å². The number of carbonyl (C=O) groups excluding carboxylic acids is 2. The molecule has 0 bridgehead atoms. The van der Waals surface area contributed by atoms with Crippen molar-refractivity contribution in [3.8, 4) is 0 Å². The molecule has 0 aliphatic heterocycles. The molecule has 1 N–H and O–H groups in total. The average molecular weight is 177 g/mol. The van der Waals surface area contributed by atoms with Crippen LogP contribution >= 0.6 is 0 Å². The highest BCUT2D eigenvalue weighted by Gasteiger charge is 2.05. The summed E-state index contributed by atoms with van der Waals surface area (Å²) in [5, 5.41) is 2.48. The summed E-state index contributed by atoms with van der Waals surface area (Å²) in [5.74, 6) is -0.0481. The molecule has 1 rings (SSSR count). The van der Waals surface area contributed by atoms with Gasteiger partial charge in [0.25, 0.3) is 0 Å². The lowest BCUT2D eigenvalue weighted by atomic mass is 10.1. The first kappa shape index (κ1) is 9.45. The van der Waals surface area contributed by atoms with Gasteiger partial charge in [0.15, 0.2) is 5.78 Å². The molecule has 0 radical (unpaired) electrons. The van der Waals surface area contributed by atoms with Crippen molar-refractivity contribution in [2.24, 2.45) is 0 Å². The van der Waals surface area contributed by atoms with Crippen LogP contribution in [-0.2, 0) is 4.79 Å². The van der Waals surface area contributed by atoms with E-state index in [2.05, 4.69) is 5.32 Å². The molecule has 0 spiro atoms. The molecule has 3 nitrogen and oxygen atoms in total. The molecule has 1 aromatic rings. The third kappa shape index (κ3) is 2.15. The molecular weight excluding hydrogens is 166 g/mol. The maximum atomic E-state index is 11.1. The fourth-order valence-electron chi connectivity index (χ4n) is 1.14. The number of carbonyl (C=O) groups is 2. The molecule has 1 amide bonds. The zero-order chi connectivity index (χ0) is 9.84. The largest absolute Gasteiger partial charge is 0.328 e. The van der Waals surface area contributed by atoms with E-state index in [1.165, 1.54) is 6.92 Å². The van der Waals surface area contributed by atoms with Crippen molar-refractivity contribution in [1.29, 1.82) is 0 Å². The van der Waals surface area contributed by atoms with Crippen LogP contribution in [0.25, 0.3) is 0 Å². The zero-order valence-electron chi connectivity index (χ0n) is 7.63. The number of aryl methyl sites for hydroxylation is 1. The number of anilines is 1. The molecular formula is C10H11NO2. The van der Waals surface area contributed by atoms with Crippen molar-refractivity contribution in [3.63, 3.8) is 0 Å². The van der Waals surface area contributed by atoms with Crippen molar-refractivity contribution >= 4 is 17.9 Å². The number of Topliss-reactive ketones (excluding diaryl/α,β-unsaturated/α-hetero) is 1. The van der Waals surface area contributed by atoms with Crippen LogP contribution in [0.4, 0.5) is 5.69 Å². The highest BCUT2D eigenvalue weighted by atomic mass is 16.1. The fourth-order valence-corrected chi connectivity index (χ4v) is 1.14. The monoisotopic (exact) mass is 177 g/mol. The Labute approximate surface area is 76.8 Å². The molecule has 0 saturated heterocycles. The maximum Gasteiger partial charge on any atom is 0.211 e. The number of rotatable bonds is 3. The molecule has 1 aromatic carbocycles. The highest BCUT2D eigenvalue weighted by molar-refractivity contribution is 6.01. The second-order valence-electron chi connectivity index (χ2n) is 2.87. The van der Waals surface area contributed by atoms with Gasteiger partial charge in [0, 0.05) is 5.56 Å². The predicted octanol–water partition coefficient (Wildman–Crippen LogP) is 1.77. The molecule has 0 saturated carbocycles. The molecule has 68 valence electrons. The Morgan fingerprint density at radius 2 is 2.15 bits per heavy atom. The number of ketones is 1. The van der Waals surface area contributed by atoms with E-state index in [-0.39, 0.29) is 5.78 Å². The minimum absolute atomic E-state index is 0.0481. The Hall–Kier alpha value is -1.64. The lowest BCUT2D eigenvalue weighted by Gasteiger charge is -2.05. The van der Waals surface area contributed by atoms with Crippen LogP contribution in [-0.4, -0.2) is 12.2 Å². The second kappa shape index (κ2) is 3.85. The summed E-state index contributed by atoms with van der Waals surface area (Å²) >= 11 is 0. The Kier molecular flexibility index (Phi) is 2.80. The molecule has 0 fully saturated rings. The van der Waals surface area contributed by atoms with Crippen LogP contribution in [0.2, 0.25) is 0 Å². The molecule has 0 aliphatic carbocycles. The summed E-state index contributed by atoms with van der Waals surface area (Å²) in [6.07, 6.45) is 0.567. The summed E-state index contributed by atoms with van der Waals surface area (Å²) < 4.78 is 0. The second-order valence-corrected chi connectivity index (χ2v) is 2.87. The van der Waals surface area contributed by atoms with Crippen LogP contribution < -0.4 is 5.32 Å².